The van der Waals surface area contributed by atoms with Gasteiger partial charge in [-0.15, -0.1) is 0 Å². The second kappa shape index (κ2) is 14.8. The van der Waals surface area contributed by atoms with E-state index in [1.165, 1.54) is 0 Å². The molecule has 0 bridgehead atoms. The van der Waals surface area contributed by atoms with Crippen molar-refractivity contribution in [3.8, 4) is 0 Å². The zero-order valence-corrected chi connectivity index (χ0v) is 11.2. The van der Waals surface area contributed by atoms with Crippen molar-refractivity contribution in [2.45, 2.75) is 26.7 Å². The van der Waals surface area contributed by atoms with Gasteiger partial charge in [0.25, 0.3) is 0 Å². The van der Waals surface area contributed by atoms with E-state index in [1.54, 1.807) is 13.8 Å². The first-order chi connectivity index (χ1) is 8.78. The lowest BCUT2D eigenvalue weighted by Gasteiger charge is -2.23. The van der Waals surface area contributed by atoms with Crippen molar-refractivity contribution < 1.29 is 40.2 Å². The maximum atomic E-state index is 9.37. The van der Waals surface area contributed by atoms with E-state index in [0.717, 1.165) is 0 Å². The molecule has 0 aliphatic carbocycles. The molecule has 0 fully saturated rings. The molecule has 116 valence electrons. The molecular weight excluding hydrogens is 260 g/mol. The van der Waals surface area contributed by atoms with Crippen LogP contribution in [0.15, 0.2) is 0 Å². The van der Waals surface area contributed by atoms with Gasteiger partial charge in [-0.3, -0.25) is 9.59 Å². The first-order valence-corrected chi connectivity index (χ1v) is 5.66. The SMILES string of the molecule is CCC(=O)O.CCC(=O)O.OCC(CO)(CO)CO. The van der Waals surface area contributed by atoms with Gasteiger partial charge < -0.3 is 30.6 Å². The van der Waals surface area contributed by atoms with Gasteiger partial charge >= 0.3 is 11.9 Å². The van der Waals surface area contributed by atoms with Gasteiger partial charge in [-0.2, -0.15) is 0 Å². The Morgan fingerprint density at radius 2 is 0.895 bits per heavy atom. The van der Waals surface area contributed by atoms with Crippen LogP contribution < -0.4 is 0 Å². The lowest BCUT2D eigenvalue weighted by atomic mass is 9.93. The largest absolute Gasteiger partial charge is 0.481 e. The summed E-state index contributed by atoms with van der Waals surface area (Å²) in [6.45, 7) is 1.57. The molecule has 0 rings (SSSR count). The van der Waals surface area contributed by atoms with Crippen molar-refractivity contribution in [1.82, 2.24) is 0 Å². The van der Waals surface area contributed by atoms with Gasteiger partial charge in [0.1, 0.15) is 0 Å². The van der Waals surface area contributed by atoms with Crippen LogP contribution in [0.4, 0.5) is 0 Å². The topological polar surface area (TPSA) is 156 Å². The minimum Gasteiger partial charge on any atom is -0.481 e. The summed E-state index contributed by atoms with van der Waals surface area (Å²) in [5.41, 5.74) is -1.11. The number of hydrogen-bond acceptors (Lipinski definition) is 6. The normalized spacial score (nSPS) is 9.58. The Kier molecular flexibility index (Phi) is 17.9. The zero-order chi connectivity index (χ0) is 15.9. The van der Waals surface area contributed by atoms with Gasteiger partial charge in [-0.05, 0) is 0 Å². The van der Waals surface area contributed by atoms with Crippen molar-refractivity contribution in [2.24, 2.45) is 5.41 Å². The van der Waals surface area contributed by atoms with E-state index < -0.39 is 43.8 Å². The highest BCUT2D eigenvalue weighted by molar-refractivity contribution is 5.66. The first kappa shape index (κ1) is 22.9. The minimum atomic E-state index is -1.11. The number of aliphatic carboxylic acids is 2. The van der Waals surface area contributed by atoms with Crippen LogP contribution in [0.2, 0.25) is 0 Å². The Hall–Kier alpha value is -1.22. The molecule has 19 heavy (non-hydrogen) atoms. The van der Waals surface area contributed by atoms with Crippen molar-refractivity contribution in [3.05, 3.63) is 0 Å². The van der Waals surface area contributed by atoms with Crippen molar-refractivity contribution in [1.29, 1.82) is 0 Å². The second-order valence-corrected chi connectivity index (χ2v) is 3.63. The summed E-state index contributed by atoms with van der Waals surface area (Å²) in [5, 5.41) is 49.4. The summed E-state index contributed by atoms with van der Waals surface area (Å²) in [4.78, 5) is 18.7. The molecule has 0 aromatic rings. The number of carbonyl (C=O) groups is 2. The maximum absolute atomic E-state index is 9.37. The van der Waals surface area contributed by atoms with E-state index in [9.17, 15) is 9.59 Å². The third-order valence-corrected chi connectivity index (χ3v) is 1.95. The van der Waals surface area contributed by atoms with Gasteiger partial charge in [0.05, 0.1) is 31.8 Å². The predicted molar refractivity (Wildman–Crippen MR) is 66.6 cm³/mol. The molecular formula is C11H24O8. The molecule has 0 aliphatic rings. The van der Waals surface area contributed by atoms with Gasteiger partial charge in [-0.25, -0.2) is 0 Å². The van der Waals surface area contributed by atoms with Crippen LogP contribution in [0.1, 0.15) is 26.7 Å². The average molecular weight is 284 g/mol. The molecule has 0 aliphatic heterocycles. The molecule has 0 radical (unpaired) electrons. The summed E-state index contributed by atoms with van der Waals surface area (Å²) in [6, 6.07) is 0. The van der Waals surface area contributed by atoms with Crippen molar-refractivity contribution >= 4 is 11.9 Å². The van der Waals surface area contributed by atoms with Crippen LogP contribution in [0, 0.1) is 5.41 Å². The standard InChI is InChI=1S/C5H12O4.2C3H6O2/c6-1-5(2-7,3-8)4-9;2*1-2-3(4)5/h6-9H,1-4H2;2*2H2,1H3,(H,4,5). The zero-order valence-electron chi connectivity index (χ0n) is 11.2. The van der Waals surface area contributed by atoms with Crippen LogP contribution in [-0.4, -0.2) is 69.0 Å². The smallest absolute Gasteiger partial charge is 0.303 e. The van der Waals surface area contributed by atoms with Crippen molar-refractivity contribution in [3.63, 3.8) is 0 Å². The fraction of sp³-hybridized carbons (Fsp3) is 0.818. The van der Waals surface area contributed by atoms with E-state index in [-0.39, 0.29) is 12.8 Å². The molecule has 0 amide bonds. The average Bonchev–Trinajstić information content (AvgIpc) is 2.43. The van der Waals surface area contributed by atoms with Gasteiger partial charge in [0, 0.05) is 12.8 Å². The quantitative estimate of drug-likeness (QED) is 0.359. The highest BCUT2D eigenvalue weighted by atomic mass is 16.4. The monoisotopic (exact) mass is 284 g/mol. The Bertz CT molecular complexity index is 193. The van der Waals surface area contributed by atoms with E-state index >= 15 is 0 Å². The molecule has 0 aromatic carbocycles. The lowest BCUT2D eigenvalue weighted by Crippen LogP contribution is -2.37. The van der Waals surface area contributed by atoms with Crippen LogP contribution in [-0.2, 0) is 9.59 Å². The molecule has 8 heteroatoms. The molecule has 0 spiro atoms. The summed E-state index contributed by atoms with van der Waals surface area (Å²) >= 11 is 0. The molecule has 0 aromatic heterocycles. The van der Waals surface area contributed by atoms with Gasteiger partial charge in [-0.1, -0.05) is 13.8 Å². The fourth-order valence-electron chi connectivity index (χ4n) is 0.300. The number of carboxylic acid groups (broad SMARTS) is 2. The lowest BCUT2D eigenvalue weighted by molar-refractivity contribution is -0.137. The molecule has 8 nitrogen and oxygen atoms in total. The third kappa shape index (κ3) is 16.8. The Morgan fingerprint density at radius 1 is 0.737 bits per heavy atom. The molecule has 0 saturated heterocycles. The molecule has 0 saturated carbocycles. The van der Waals surface area contributed by atoms with E-state index in [0.29, 0.717) is 0 Å². The summed E-state index contributed by atoms with van der Waals surface area (Å²) in [7, 11) is 0. The van der Waals surface area contributed by atoms with E-state index in [1.807, 2.05) is 0 Å². The highest BCUT2D eigenvalue weighted by Gasteiger charge is 2.26. The predicted octanol–water partition coefficient (Wildman–Crippen LogP) is -1.10. The minimum absolute atomic E-state index is 0.222. The van der Waals surface area contributed by atoms with Gasteiger partial charge in [0.15, 0.2) is 0 Å². The van der Waals surface area contributed by atoms with E-state index in [4.69, 9.17) is 30.6 Å². The molecule has 0 heterocycles. The number of carboxylic acids is 2. The molecule has 6 N–H and O–H groups in total. The number of hydrogen-bond donors (Lipinski definition) is 6. The van der Waals surface area contributed by atoms with Gasteiger partial charge in [0.2, 0.25) is 0 Å². The summed E-state index contributed by atoms with van der Waals surface area (Å²) in [5.74, 6) is -1.49. The van der Waals surface area contributed by atoms with Crippen LogP contribution >= 0.6 is 0 Å². The number of rotatable bonds is 6. The number of aliphatic hydroxyl groups is 4. The van der Waals surface area contributed by atoms with E-state index in [2.05, 4.69) is 0 Å². The van der Waals surface area contributed by atoms with Crippen molar-refractivity contribution in [2.75, 3.05) is 26.4 Å². The second-order valence-electron chi connectivity index (χ2n) is 3.63. The third-order valence-electron chi connectivity index (χ3n) is 1.95. The summed E-state index contributed by atoms with van der Waals surface area (Å²) in [6.07, 6.45) is 0.444. The van der Waals surface area contributed by atoms with Crippen LogP contribution in [0.3, 0.4) is 0 Å². The Balaban J connectivity index is -0.000000219. The first-order valence-electron chi connectivity index (χ1n) is 5.66. The molecule has 0 unspecified atom stereocenters. The maximum Gasteiger partial charge on any atom is 0.303 e. The Morgan fingerprint density at radius 3 is 0.895 bits per heavy atom. The number of aliphatic hydroxyl groups excluding tert-OH is 4. The highest BCUT2D eigenvalue weighted by Crippen LogP contribution is 2.11. The fourth-order valence-corrected chi connectivity index (χ4v) is 0.300. The molecule has 0 atom stereocenters. The van der Waals surface area contributed by atoms with Crippen LogP contribution in [0.5, 0.6) is 0 Å². The summed E-state index contributed by atoms with van der Waals surface area (Å²) < 4.78 is 0. The van der Waals surface area contributed by atoms with Crippen LogP contribution in [0.25, 0.3) is 0 Å². The Labute approximate surface area is 111 Å².